The molecular weight excluding hydrogens is 228 g/mol. The SMILES string of the molecule is CCc1c(C)nn(-c2nccnc2C(=N)N)c1C. The molecule has 18 heavy (non-hydrogen) atoms. The number of nitrogens with two attached hydrogens (primary N) is 1. The summed E-state index contributed by atoms with van der Waals surface area (Å²) in [5, 5.41) is 12.0. The summed E-state index contributed by atoms with van der Waals surface area (Å²) < 4.78 is 1.71. The fourth-order valence-electron chi connectivity index (χ4n) is 2.07. The Bertz CT molecular complexity index is 599. The highest BCUT2D eigenvalue weighted by atomic mass is 15.3. The predicted molar refractivity (Wildman–Crippen MR) is 69.0 cm³/mol. The van der Waals surface area contributed by atoms with Crippen LogP contribution in [0.3, 0.4) is 0 Å². The first kappa shape index (κ1) is 12.2. The van der Waals surface area contributed by atoms with Gasteiger partial charge in [0.2, 0.25) is 0 Å². The number of nitrogens with zero attached hydrogens (tertiary/aromatic N) is 4. The molecule has 6 heteroatoms. The molecule has 0 unspecified atom stereocenters. The van der Waals surface area contributed by atoms with Crippen molar-refractivity contribution < 1.29 is 0 Å². The van der Waals surface area contributed by atoms with Gasteiger partial charge in [-0.1, -0.05) is 6.92 Å². The highest BCUT2D eigenvalue weighted by Crippen LogP contribution is 2.18. The lowest BCUT2D eigenvalue weighted by Crippen LogP contribution is -2.18. The Morgan fingerprint density at radius 1 is 1.33 bits per heavy atom. The number of hydrogen-bond acceptors (Lipinski definition) is 4. The van der Waals surface area contributed by atoms with E-state index >= 15 is 0 Å². The zero-order chi connectivity index (χ0) is 13.3. The van der Waals surface area contributed by atoms with Gasteiger partial charge in [0, 0.05) is 18.1 Å². The third kappa shape index (κ3) is 1.85. The third-order valence-corrected chi connectivity index (χ3v) is 2.93. The fourth-order valence-corrected chi connectivity index (χ4v) is 2.07. The van der Waals surface area contributed by atoms with E-state index in [0.717, 1.165) is 17.8 Å². The Morgan fingerprint density at radius 3 is 2.56 bits per heavy atom. The summed E-state index contributed by atoms with van der Waals surface area (Å²) in [6.07, 6.45) is 4.00. The molecule has 2 aromatic rings. The predicted octanol–water partition coefficient (Wildman–Crippen LogP) is 1.13. The third-order valence-electron chi connectivity index (χ3n) is 2.93. The molecule has 0 fully saturated rings. The van der Waals surface area contributed by atoms with Gasteiger partial charge < -0.3 is 5.73 Å². The number of rotatable bonds is 3. The van der Waals surface area contributed by atoms with Crippen LogP contribution in [0.25, 0.3) is 5.82 Å². The average molecular weight is 244 g/mol. The monoisotopic (exact) mass is 244 g/mol. The molecule has 0 aliphatic heterocycles. The van der Waals surface area contributed by atoms with Crippen LogP contribution in [0.15, 0.2) is 12.4 Å². The summed E-state index contributed by atoms with van der Waals surface area (Å²) in [4.78, 5) is 8.32. The van der Waals surface area contributed by atoms with Gasteiger partial charge in [0.15, 0.2) is 5.82 Å². The van der Waals surface area contributed by atoms with E-state index in [-0.39, 0.29) is 5.84 Å². The van der Waals surface area contributed by atoms with E-state index in [1.54, 1.807) is 10.9 Å². The number of nitrogen functional groups attached to an aromatic ring is 1. The summed E-state index contributed by atoms with van der Waals surface area (Å²) >= 11 is 0. The highest BCUT2D eigenvalue weighted by molar-refractivity contribution is 5.95. The first-order valence-corrected chi connectivity index (χ1v) is 5.77. The maximum absolute atomic E-state index is 7.54. The maximum Gasteiger partial charge on any atom is 0.183 e. The smallest absolute Gasteiger partial charge is 0.183 e. The second-order valence-corrected chi connectivity index (χ2v) is 4.06. The van der Waals surface area contributed by atoms with Crippen molar-refractivity contribution >= 4 is 5.84 Å². The molecule has 2 heterocycles. The quantitative estimate of drug-likeness (QED) is 0.625. The Kier molecular flexibility index (Phi) is 3.10. The minimum atomic E-state index is -0.108. The van der Waals surface area contributed by atoms with Crippen LogP contribution in [-0.4, -0.2) is 25.6 Å². The van der Waals surface area contributed by atoms with Gasteiger partial charge in [0.05, 0.1) is 5.69 Å². The summed E-state index contributed by atoms with van der Waals surface area (Å²) in [5.74, 6) is 0.397. The second kappa shape index (κ2) is 4.56. The molecule has 0 radical (unpaired) electrons. The summed E-state index contributed by atoms with van der Waals surface area (Å²) in [6, 6.07) is 0. The molecule has 0 saturated heterocycles. The van der Waals surface area contributed by atoms with E-state index in [0.29, 0.717) is 11.5 Å². The topological polar surface area (TPSA) is 93.5 Å². The van der Waals surface area contributed by atoms with Crippen molar-refractivity contribution in [2.75, 3.05) is 0 Å². The molecule has 0 saturated carbocycles. The van der Waals surface area contributed by atoms with Crippen molar-refractivity contribution in [2.24, 2.45) is 5.73 Å². The van der Waals surface area contributed by atoms with Crippen molar-refractivity contribution in [3.8, 4) is 5.82 Å². The fraction of sp³-hybridized carbons (Fsp3) is 0.333. The van der Waals surface area contributed by atoms with Gasteiger partial charge in [-0.15, -0.1) is 0 Å². The molecule has 0 atom stereocenters. The molecule has 2 rings (SSSR count). The van der Waals surface area contributed by atoms with Crippen LogP contribution in [0.5, 0.6) is 0 Å². The molecule has 0 aromatic carbocycles. The van der Waals surface area contributed by atoms with Crippen molar-refractivity contribution in [1.82, 2.24) is 19.7 Å². The first-order chi connectivity index (χ1) is 8.56. The minimum absolute atomic E-state index is 0.108. The van der Waals surface area contributed by atoms with Gasteiger partial charge >= 0.3 is 0 Å². The van der Waals surface area contributed by atoms with Gasteiger partial charge in [0.25, 0.3) is 0 Å². The lowest BCUT2D eigenvalue weighted by molar-refractivity contribution is 0.794. The van der Waals surface area contributed by atoms with Gasteiger partial charge in [0.1, 0.15) is 11.5 Å². The summed E-state index contributed by atoms with van der Waals surface area (Å²) in [7, 11) is 0. The van der Waals surface area contributed by atoms with Crippen LogP contribution in [0.2, 0.25) is 0 Å². The number of aryl methyl sites for hydroxylation is 1. The largest absolute Gasteiger partial charge is 0.382 e. The lowest BCUT2D eigenvalue weighted by atomic mass is 10.1. The number of nitrogens with one attached hydrogen (secondary N) is 1. The van der Waals surface area contributed by atoms with E-state index < -0.39 is 0 Å². The molecule has 3 N–H and O–H groups in total. The zero-order valence-corrected chi connectivity index (χ0v) is 10.7. The van der Waals surface area contributed by atoms with E-state index in [1.165, 1.54) is 11.8 Å². The van der Waals surface area contributed by atoms with Gasteiger partial charge in [-0.25, -0.2) is 14.6 Å². The molecule has 0 amide bonds. The van der Waals surface area contributed by atoms with Gasteiger partial charge in [-0.3, -0.25) is 5.41 Å². The van der Waals surface area contributed by atoms with Crippen molar-refractivity contribution in [3.05, 3.63) is 35.0 Å². The van der Waals surface area contributed by atoms with Crippen LogP contribution in [-0.2, 0) is 6.42 Å². The number of aromatic nitrogens is 4. The standard InChI is InChI=1S/C12H16N6/c1-4-9-7(2)17-18(8(9)3)12-10(11(13)14)15-5-6-16-12/h5-6H,4H2,1-3H3,(H3,13,14). The summed E-state index contributed by atoms with van der Waals surface area (Å²) in [5.41, 5.74) is 9.04. The van der Waals surface area contributed by atoms with Crippen LogP contribution in [0.1, 0.15) is 29.6 Å². The van der Waals surface area contributed by atoms with E-state index in [9.17, 15) is 0 Å². The van der Waals surface area contributed by atoms with Crippen molar-refractivity contribution in [1.29, 1.82) is 5.41 Å². The maximum atomic E-state index is 7.54. The molecular formula is C12H16N6. The molecule has 0 aliphatic rings. The van der Waals surface area contributed by atoms with E-state index in [4.69, 9.17) is 11.1 Å². The lowest BCUT2D eigenvalue weighted by Gasteiger charge is -2.07. The van der Waals surface area contributed by atoms with Crippen LogP contribution in [0.4, 0.5) is 0 Å². The second-order valence-electron chi connectivity index (χ2n) is 4.06. The van der Waals surface area contributed by atoms with Gasteiger partial charge in [-0.2, -0.15) is 5.10 Å². The average Bonchev–Trinajstić information content (AvgIpc) is 2.64. The Hall–Kier alpha value is -2.24. The van der Waals surface area contributed by atoms with Crippen LogP contribution in [0, 0.1) is 19.3 Å². The Labute approximate surface area is 105 Å². The molecule has 94 valence electrons. The molecule has 2 aromatic heterocycles. The number of amidine groups is 1. The molecule has 0 spiro atoms. The van der Waals surface area contributed by atoms with E-state index in [2.05, 4.69) is 22.0 Å². The normalized spacial score (nSPS) is 10.6. The zero-order valence-electron chi connectivity index (χ0n) is 10.7. The Balaban J connectivity index is 2.66. The van der Waals surface area contributed by atoms with Crippen molar-refractivity contribution in [3.63, 3.8) is 0 Å². The van der Waals surface area contributed by atoms with Crippen molar-refractivity contribution in [2.45, 2.75) is 27.2 Å². The Morgan fingerprint density at radius 2 is 2.00 bits per heavy atom. The molecule has 0 aliphatic carbocycles. The molecule has 0 bridgehead atoms. The summed E-state index contributed by atoms with van der Waals surface area (Å²) in [6.45, 7) is 6.04. The highest BCUT2D eigenvalue weighted by Gasteiger charge is 2.16. The molecule has 6 nitrogen and oxygen atoms in total. The van der Waals surface area contributed by atoms with Crippen LogP contribution < -0.4 is 5.73 Å². The first-order valence-electron chi connectivity index (χ1n) is 5.77. The van der Waals surface area contributed by atoms with E-state index in [1.807, 2.05) is 13.8 Å². The van der Waals surface area contributed by atoms with Crippen LogP contribution >= 0.6 is 0 Å². The minimum Gasteiger partial charge on any atom is -0.382 e. The van der Waals surface area contributed by atoms with Gasteiger partial charge in [-0.05, 0) is 25.8 Å². The number of hydrogen-bond donors (Lipinski definition) is 2.